The second-order valence-electron chi connectivity index (χ2n) is 6.80. The Kier molecular flexibility index (Phi) is 7.07. The average Bonchev–Trinajstić information content (AvgIpc) is 3.30. The van der Waals surface area contributed by atoms with E-state index >= 15 is 0 Å². The van der Waals surface area contributed by atoms with E-state index < -0.39 is 0 Å². The molecule has 1 heterocycles. The lowest BCUT2D eigenvalue weighted by Gasteiger charge is -2.33. The molecule has 0 radical (unpaired) electrons. The Bertz CT molecular complexity index is 533. The van der Waals surface area contributed by atoms with Crippen LogP contribution in [0.25, 0.3) is 0 Å². The van der Waals surface area contributed by atoms with Crippen LogP contribution in [0.3, 0.4) is 0 Å². The Morgan fingerprint density at radius 3 is 2.88 bits per heavy atom. The van der Waals surface area contributed by atoms with Crippen molar-refractivity contribution in [3.05, 3.63) is 17.5 Å². The van der Waals surface area contributed by atoms with Crippen LogP contribution < -0.4 is 11.1 Å². The molecule has 1 amide bonds. The number of nitrogens with one attached hydrogen (secondary N) is 1. The van der Waals surface area contributed by atoms with Crippen molar-refractivity contribution >= 4 is 18.3 Å². The van der Waals surface area contributed by atoms with Gasteiger partial charge >= 0.3 is 0 Å². The number of hydrogen-bond donors (Lipinski definition) is 2. The molecule has 24 heavy (non-hydrogen) atoms. The molecule has 7 heteroatoms. The largest absolute Gasteiger partial charge is 0.377 e. The third kappa shape index (κ3) is 4.94. The summed E-state index contributed by atoms with van der Waals surface area (Å²) in [6.07, 6.45) is 5.83. The maximum atomic E-state index is 12.3. The van der Waals surface area contributed by atoms with Gasteiger partial charge in [0.2, 0.25) is 5.91 Å². The van der Waals surface area contributed by atoms with E-state index in [1.54, 1.807) is 0 Å². The Morgan fingerprint density at radius 2 is 2.21 bits per heavy atom. The van der Waals surface area contributed by atoms with Gasteiger partial charge in [-0.1, -0.05) is 12.1 Å². The minimum absolute atomic E-state index is 0. The van der Waals surface area contributed by atoms with Gasteiger partial charge in [0, 0.05) is 30.6 Å². The van der Waals surface area contributed by atoms with Crippen molar-refractivity contribution < 1.29 is 14.1 Å². The molecule has 0 aromatic carbocycles. The Morgan fingerprint density at radius 1 is 1.42 bits per heavy atom. The van der Waals surface area contributed by atoms with E-state index in [0.29, 0.717) is 18.9 Å². The third-order valence-electron chi connectivity index (χ3n) is 4.74. The highest BCUT2D eigenvalue weighted by Gasteiger charge is 2.32. The zero-order chi connectivity index (χ0) is 16.2. The Balaban J connectivity index is 0.00000208. The second-order valence-corrected chi connectivity index (χ2v) is 6.80. The van der Waals surface area contributed by atoms with Crippen molar-refractivity contribution in [3.63, 3.8) is 0 Å². The lowest BCUT2D eigenvalue weighted by atomic mass is 9.83. The Hall–Kier alpha value is -1.11. The SMILES string of the molecule is CCCO[C@@H]1CC[C@H](C(=O)NCc2cc(C3CC3)on2)C[C@H]1N.Cl. The molecule has 3 atom stereocenters. The van der Waals surface area contributed by atoms with E-state index in [-0.39, 0.29) is 36.4 Å². The molecule has 1 aromatic heterocycles. The van der Waals surface area contributed by atoms with Crippen LogP contribution in [-0.2, 0) is 16.1 Å². The smallest absolute Gasteiger partial charge is 0.223 e. The van der Waals surface area contributed by atoms with E-state index in [0.717, 1.165) is 37.3 Å². The van der Waals surface area contributed by atoms with Crippen molar-refractivity contribution in [3.8, 4) is 0 Å². The summed E-state index contributed by atoms with van der Waals surface area (Å²) in [5, 5.41) is 6.98. The second kappa shape index (κ2) is 8.83. The van der Waals surface area contributed by atoms with Crippen LogP contribution in [0.5, 0.6) is 0 Å². The number of hydrogen-bond acceptors (Lipinski definition) is 5. The minimum Gasteiger partial charge on any atom is -0.377 e. The fourth-order valence-corrected chi connectivity index (χ4v) is 3.19. The molecular weight excluding hydrogens is 330 g/mol. The first-order valence-electron chi connectivity index (χ1n) is 8.77. The number of nitrogens with two attached hydrogens (primary N) is 1. The number of carbonyl (C=O) groups excluding carboxylic acids is 1. The van der Waals surface area contributed by atoms with Crippen LogP contribution in [0.4, 0.5) is 0 Å². The molecule has 2 aliphatic rings. The topological polar surface area (TPSA) is 90.4 Å². The highest BCUT2D eigenvalue weighted by atomic mass is 35.5. The van der Waals surface area contributed by atoms with Gasteiger partial charge in [0.1, 0.15) is 11.5 Å². The molecule has 0 unspecified atom stereocenters. The number of halogens is 1. The molecule has 6 nitrogen and oxygen atoms in total. The third-order valence-corrected chi connectivity index (χ3v) is 4.74. The molecule has 0 saturated heterocycles. The fourth-order valence-electron chi connectivity index (χ4n) is 3.19. The summed E-state index contributed by atoms with van der Waals surface area (Å²) in [6.45, 7) is 3.25. The summed E-state index contributed by atoms with van der Waals surface area (Å²) in [5.74, 6) is 1.53. The predicted octanol–water partition coefficient (Wildman–Crippen LogP) is 2.51. The lowest BCUT2D eigenvalue weighted by molar-refractivity contribution is -0.127. The molecular formula is C17H28ClN3O3. The summed E-state index contributed by atoms with van der Waals surface area (Å²) in [4.78, 5) is 12.3. The van der Waals surface area contributed by atoms with Gasteiger partial charge in [0.15, 0.2) is 0 Å². The van der Waals surface area contributed by atoms with Crippen LogP contribution in [0.1, 0.15) is 62.8 Å². The molecule has 3 N–H and O–H groups in total. The van der Waals surface area contributed by atoms with E-state index in [1.807, 2.05) is 6.07 Å². The van der Waals surface area contributed by atoms with E-state index in [4.69, 9.17) is 15.0 Å². The normalized spacial score (nSPS) is 26.7. The number of aromatic nitrogens is 1. The van der Waals surface area contributed by atoms with Crippen LogP contribution in [-0.4, -0.2) is 29.8 Å². The molecule has 0 bridgehead atoms. The monoisotopic (exact) mass is 357 g/mol. The first-order chi connectivity index (χ1) is 11.2. The van der Waals surface area contributed by atoms with Crippen molar-refractivity contribution in [2.75, 3.05) is 6.61 Å². The molecule has 136 valence electrons. The first-order valence-corrected chi connectivity index (χ1v) is 8.77. The number of nitrogens with zero attached hydrogens (tertiary/aromatic N) is 1. The van der Waals surface area contributed by atoms with Crippen molar-refractivity contribution in [2.45, 2.75) is 70.1 Å². The van der Waals surface area contributed by atoms with E-state index in [9.17, 15) is 4.79 Å². The van der Waals surface area contributed by atoms with Gasteiger partial charge in [-0.25, -0.2) is 0 Å². The van der Waals surface area contributed by atoms with Crippen molar-refractivity contribution in [2.24, 2.45) is 11.7 Å². The quantitative estimate of drug-likeness (QED) is 0.782. The van der Waals surface area contributed by atoms with Gasteiger partial charge in [0.05, 0.1) is 12.6 Å². The van der Waals surface area contributed by atoms with Crippen LogP contribution in [0.2, 0.25) is 0 Å². The molecule has 0 aliphatic heterocycles. The molecule has 2 fully saturated rings. The zero-order valence-corrected chi connectivity index (χ0v) is 15.0. The number of ether oxygens (including phenoxy) is 1. The molecule has 0 spiro atoms. The number of carbonyl (C=O) groups is 1. The number of amides is 1. The van der Waals surface area contributed by atoms with Gasteiger partial charge in [-0.15, -0.1) is 12.4 Å². The van der Waals surface area contributed by atoms with Gasteiger partial charge in [0.25, 0.3) is 0 Å². The predicted molar refractivity (Wildman–Crippen MR) is 92.9 cm³/mol. The maximum Gasteiger partial charge on any atom is 0.223 e. The summed E-state index contributed by atoms with van der Waals surface area (Å²) in [6, 6.07) is 1.90. The van der Waals surface area contributed by atoms with E-state index in [1.165, 1.54) is 12.8 Å². The molecule has 1 aromatic rings. The standard InChI is InChI=1S/C17H27N3O3.ClH/c1-2-7-22-15-6-5-12(8-14(15)18)17(21)19-10-13-9-16(23-20-13)11-3-4-11;/h9,11-12,14-15H,2-8,10,18H2,1H3,(H,19,21);1H/t12-,14+,15+;/m0./s1. The molecule has 2 aliphatic carbocycles. The maximum absolute atomic E-state index is 12.3. The molecule has 3 rings (SSSR count). The van der Waals surface area contributed by atoms with Crippen LogP contribution in [0, 0.1) is 5.92 Å². The molecule has 2 saturated carbocycles. The number of rotatable bonds is 7. The first kappa shape index (κ1) is 19.2. The summed E-state index contributed by atoms with van der Waals surface area (Å²) in [5.41, 5.74) is 6.96. The average molecular weight is 358 g/mol. The van der Waals surface area contributed by atoms with Crippen LogP contribution >= 0.6 is 12.4 Å². The van der Waals surface area contributed by atoms with Gasteiger partial charge in [-0.2, -0.15) is 0 Å². The summed E-state index contributed by atoms with van der Waals surface area (Å²) < 4.78 is 11.1. The lowest BCUT2D eigenvalue weighted by Crippen LogP contribution is -2.46. The summed E-state index contributed by atoms with van der Waals surface area (Å²) in [7, 11) is 0. The van der Waals surface area contributed by atoms with Crippen LogP contribution in [0.15, 0.2) is 10.6 Å². The summed E-state index contributed by atoms with van der Waals surface area (Å²) >= 11 is 0. The van der Waals surface area contributed by atoms with E-state index in [2.05, 4.69) is 17.4 Å². The fraction of sp³-hybridized carbons (Fsp3) is 0.765. The van der Waals surface area contributed by atoms with Gasteiger partial charge < -0.3 is 20.3 Å². The highest BCUT2D eigenvalue weighted by molar-refractivity contribution is 5.85. The Labute approximate surface area is 149 Å². The van der Waals surface area contributed by atoms with Gasteiger partial charge in [-0.3, -0.25) is 4.79 Å². The highest BCUT2D eigenvalue weighted by Crippen LogP contribution is 2.40. The van der Waals surface area contributed by atoms with Crippen molar-refractivity contribution in [1.29, 1.82) is 0 Å². The van der Waals surface area contributed by atoms with Gasteiger partial charge in [-0.05, 0) is 38.5 Å². The minimum atomic E-state index is -0.0560. The zero-order valence-electron chi connectivity index (χ0n) is 14.2. The van der Waals surface area contributed by atoms with Crippen molar-refractivity contribution in [1.82, 2.24) is 10.5 Å².